The maximum atomic E-state index is 13.0. The molecule has 1 aromatic carbocycles. The number of nitrogens with one attached hydrogen (secondary N) is 1. The Morgan fingerprint density at radius 1 is 1.22 bits per heavy atom. The quantitative estimate of drug-likeness (QED) is 0.704. The molecule has 3 aromatic rings. The van der Waals surface area contributed by atoms with Gasteiger partial charge in [0.1, 0.15) is 17.0 Å². The second kappa shape index (κ2) is 7.16. The third kappa shape index (κ3) is 3.23. The van der Waals surface area contributed by atoms with Gasteiger partial charge in [-0.1, -0.05) is 47.4 Å². The number of hydrogen-bond acceptors (Lipinski definition) is 4. The number of aromatic nitrogens is 2. The van der Waals surface area contributed by atoms with Crippen LogP contribution in [0.3, 0.4) is 0 Å². The molecule has 0 spiro atoms. The number of nitrogens with zero attached hydrogens (tertiary/aromatic N) is 2. The van der Waals surface area contributed by atoms with Crippen molar-refractivity contribution in [2.24, 2.45) is 0 Å². The lowest BCUT2D eigenvalue weighted by atomic mass is 9.64. The number of hydrogen-bond donors (Lipinski definition) is 1. The van der Waals surface area contributed by atoms with Gasteiger partial charge in [-0.2, -0.15) is 0 Å². The first-order chi connectivity index (χ1) is 13.1. The van der Waals surface area contributed by atoms with E-state index in [-0.39, 0.29) is 11.3 Å². The maximum absolute atomic E-state index is 13.0. The largest absolute Gasteiger partial charge is 0.360 e. The van der Waals surface area contributed by atoms with Gasteiger partial charge in [0.05, 0.1) is 5.69 Å². The van der Waals surface area contributed by atoms with Crippen LogP contribution in [0.25, 0.3) is 11.4 Å². The zero-order valence-electron chi connectivity index (χ0n) is 15.0. The zero-order valence-corrected chi connectivity index (χ0v) is 15.8. The van der Waals surface area contributed by atoms with Crippen LogP contribution >= 0.6 is 11.6 Å². The zero-order chi connectivity index (χ0) is 18.9. The molecule has 2 heterocycles. The number of benzene rings is 1. The number of halogens is 1. The fraction of sp³-hybridized carbons (Fsp3) is 0.286. The van der Waals surface area contributed by atoms with Gasteiger partial charge in [-0.25, -0.2) is 0 Å². The molecule has 1 amide bonds. The average molecular weight is 382 g/mol. The molecule has 1 N–H and O–H groups in total. The van der Waals surface area contributed by atoms with E-state index < -0.39 is 0 Å². The van der Waals surface area contributed by atoms with Crippen LogP contribution in [0.15, 0.2) is 53.2 Å². The summed E-state index contributed by atoms with van der Waals surface area (Å²) in [6, 6.07) is 13.4. The topological polar surface area (TPSA) is 68.0 Å². The number of rotatable bonds is 5. The molecule has 1 saturated carbocycles. The molecular formula is C21H20ClN3O2. The number of carbonyl (C=O) groups excluding carboxylic acids is 1. The molecule has 1 aliphatic rings. The highest BCUT2D eigenvalue weighted by Gasteiger charge is 2.40. The lowest BCUT2D eigenvalue weighted by molar-refractivity contribution is 0.0927. The van der Waals surface area contributed by atoms with E-state index >= 15 is 0 Å². The van der Waals surface area contributed by atoms with Gasteiger partial charge in [-0.05, 0) is 43.5 Å². The Morgan fingerprint density at radius 3 is 2.67 bits per heavy atom. The second-order valence-electron chi connectivity index (χ2n) is 6.97. The number of carbonyl (C=O) groups is 1. The van der Waals surface area contributed by atoms with Gasteiger partial charge in [-0.3, -0.25) is 9.78 Å². The Bertz CT molecular complexity index is 965. The minimum absolute atomic E-state index is 0.107. The van der Waals surface area contributed by atoms with Gasteiger partial charge < -0.3 is 9.84 Å². The van der Waals surface area contributed by atoms with Crippen LogP contribution in [0.4, 0.5) is 0 Å². The summed E-state index contributed by atoms with van der Waals surface area (Å²) in [5.41, 5.74) is 2.51. The molecule has 2 aromatic heterocycles. The summed E-state index contributed by atoms with van der Waals surface area (Å²) >= 11 is 6.42. The second-order valence-corrected chi connectivity index (χ2v) is 7.38. The van der Waals surface area contributed by atoms with Gasteiger partial charge in [0, 0.05) is 23.2 Å². The molecule has 27 heavy (non-hydrogen) atoms. The molecule has 0 bridgehead atoms. The molecule has 0 saturated heterocycles. The van der Waals surface area contributed by atoms with E-state index in [1.165, 1.54) is 0 Å². The van der Waals surface area contributed by atoms with E-state index in [9.17, 15) is 4.79 Å². The first kappa shape index (κ1) is 17.7. The van der Waals surface area contributed by atoms with Crippen molar-refractivity contribution in [3.05, 3.63) is 70.6 Å². The van der Waals surface area contributed by atoms with Crippen LogP contribution in [0.1, 0.15) is 40.9 Å². The predicted molar refractivity (Wildman–Crippen MR) is 104 cm³/mol. The van der Waals surface area contributed by atoms with Crippen molar-refractivity contribution in [2.75, 3.05) is 6.54 Å². The van der Waals surface area contributed by atoms with Crippen LogP contribution in [0.2, 0.25) is 5.02 Å². The van der Waals surface area contributed by atoms with E-state index in [2.05, 4.69) is 21.5 Å². The van der Waals surface area contributed by atoms with E-state index in [0.717, 1.165) is 29.8 Å². The van der Waals surface area contributed by atoms with E-state index in [0.29, 0.717) is 29.3 Å². The van der Waals surface area contributed by atoms with Crippen molar-refractivity contribution < 1.29 is 9.32 Å². The van der Waals surface area contributed by atoms with Crippen LogP contribution in [-0.2, 0) is 5.41 Å². The van der Waals surface area contributed by atoms with Gasteiger partial charge >= 0.3 is 0 Å². The van der Waals surface area contributed by atoms with Crippen molar-refractivity contribution in [3.8, 4) is 11.4 Å². The highest BCUT2D eigenvalue weighted by Crippen LogP contribution is 2.45. The Morgan fingerprint density at radius 2 is 2.00 bits per heavy atom. The summed E-state index contributed by atoms with van der Waals surface area (Å²) < 4.78 is 5.28. The van der Waals surface area contributed by atoms with Crippen LogP contribution in [-0.4, -0.2) is 22.6 Å². The van der Waals surface area contributed by atoms with Crippen molar-refractivity contribution in [1.82, 2.24) is 15.5 Å². The first-order valence-corrected chi connectivity index (χ1v) is 9.39. The monoisotopic (exact) mass is 381 g/mol. The normalized spacial score (nSPS) is 15.2. The molecule has 6 heteroatoms. The van der Waals surface area contributed by atoms with Crippen molar-refractivity contribution >= 4 is 17.5 Å². The molecule has 0 aliphatic heterocycles. The van der Waals surface area contributed by atoms with Crippen molar-refractivity contribution in [2.45, 2.75) is 31.6 Å². The van der Waals surface area contributed by atoms with E-state index in [4.69, 9.17) is 16.1 Å². The predicted octanol–water partition coefficient (Wildman–Crippen LogP) is 4.55. The molecule has 0 radical (unpaired) electrons. The molecule has 0 atom stereocenters. The Kier molecular flexibility index (Phi) is 4.70. The SMILES string of the molecule is Cc1onc(-c2ccccn2)c1C(=O)NCC1(c2ccccc2Cl)CCC1. The Labute approximate surface area is 162 Å². The molecule has 1 aliphatic carbocycles. The first-order valence-electron chi connectivity index (χ1n) is 9.02. The molecule has 138 valence electrons. The highest BCUT2D eigenvalue weighted by atomic mass is 35.5. The van der Waals surface area contributed by atoms with Gasteiger partial charge in [0.25, 0.3) is 5.91 Å². The van der Waals surface area contributed by atoms with Crippen LogP contribution in [0, 0.1) is 6.92 Å². The lowest BCUT2D eigenvalue weighted by Crippen LogP contribution is -2.45. The number of pyridine rings is 1. The average Bonchev–Trinajstić information content (AvgIpc) is 3.04. The van der Waals surface area contributed by atoms with E-state index in [1.807, 2.05) is 36.4 Å². The van der Waals surface area contributed by atoms with Crippen LogP contribution in [0.5, 0.6) is 0 Å². The van der Waals surface area contributed by atoms with Gasteiger partial charge in [0.2, 0.25) is 0 Å². The summed E-state index contributed by atoms with van der Waals surface area (Å²) in [7, 11) is 0. The van der Waals surface area contributed by atoms with E-state index in [1.54, 1.807) is 13.1 Å². The Balaban J connectivity index is 1.57. The fourth-order valence-electron chi connectivity index (χ4n) is 3.69. The lowest BCUT2D eigenvalue weighted by Gasteiger charge is -2.43. The summed E-state index contributed by atoms with van der Waals surface area (Å²) in [6.45, 7) is 2.27. The van der Waals surface area contributed by atoms with Gasteiger partial charge in [-0.15, -0.1) is 0 Å². The minimum atomic E-state index is -0.201. The summed E-state index contributed by atoms with van der Waals surface area (Å²) in [4.78, 5) is 17.2. The van der Waals surface area contributed by atoms with Crippen molar-refractivity contribution in [3.63, 3.8) is 0 Å². The molecule has 5 nitrogen and oxygen atoms in total. The highest BCUT2D eigenvalue weighted by molar-refractivity contribution is 6.31. The minimum Gasteiger partial charge on any atom is -0.360 e. The number of aryl methyl sites for hydroxylation is 1. The standard InChI is InChI=1S/C21H20ClN3O2/c1-14-18(19(25-27-14)17-9-4-5-12-23-17)20(26)24-13-21(10-6-11-21)15-7-2-3-8-16(15)22/h2-5,7-9,12H,6,10-11,13H2,1H3,(H,24,26). The molecule has 4 rings (SSSR count). The van der Waals surface area contributed by atoms with Gasteiger partial charge in [0.15, 0.2) is 0 Å². The summed E-state index contributed by atoms with van der Waals surface area (Å²) in [5, 5.41) is 7.87. The fourth-order valence-corrected chi connectivity index (χ4v) is 4.03. The number of amides is 1. The molecule has 0 unspecified atom stereocenters. The third-order valence-corrected chi connectivity index (χ3v) is 5.67. The van der Waals surface area contributed by atoms with Crippen LogP contribution < -0.4 is 5.32 Å². The molecule has 1 fully saturated rings. The summed E-state index contributed by atoms with van der Waals surface area (Å²) in [5.74, 6) is 0.279. The smallest absolute Gasteiger partial charge is 0.257 e. The Hall–Kier alpha value is -2.66. The summed E-state index contributed by atoms with van der Waals surface area (Å²) in [6.07, 6.45) is 4.81. The van der Waals surface area contributed by atoms with Crippen molar-refractivity contribution in [1.29, 1.82) is 0 Å². The third-order valence-electron chi connectivity index (χ3n) is 5.34. The molecular weight excluding hydrogens is 362 g/mol. The maximum Gasteiger partial charge on any atom is 0.257 e.